The van der Waals surface area contributed by atoms with Crippen LogP contribution in [0.1, 0.15) is 238 Å². The number of aliphatic carboxylic acids is 1. The number of fused-ring (bicyclic) bond motifs is 15. The Bertz CT molecular complexity index is 6730. The number of nitrogens with two attached hydrogens (primary N) is 2. The number of esters is 3. The van der Waals surface area contributed by atoms with Crippen LogP contribution in [-0.4, -0.2) is 147 Å². The minimum absolute atomic E-state index is 0.00964. The van der Waals surface area contributed by atoms with Gasteiger partial charge in [0.2, 0.25) is 11.8 Å². The van der Waals surface area contributed by atoms with E-state index in [1.807, 2.05) is 0 Å². The molecule has 6 atom stereocenters. The maximum absolute atomic E-state index is 15.1. The van der Waals surface area contributed by atoms with E-state index < -0.39 is 91.6 Å². The first-order valence-electron chi connectivity index (χ1n) is 43.1. The van der Waals surface area contributed by atoms with Crippen molar-refractivity contribution in [2.45, 2.75) is 246 Å². The van der Waals surface area contributed by atoms with Gasteiger partial charge in [0.15, 0.2) is 16.8 Å². The molecule has 696 valence electrons. The van der Waals surface area contributed by atoms with Crippen LogP contribution in [0.5, 0.6) is 0 Å². The van der Waals surface area contributed by atoms with E-state index in [1.165, 1.54) is 22.8 Å². The zero-order chi connectivity index (χ0) is 95.4. The summed E-state index contributed by atoms with van der Waals surface area (Å²) in [6.07, 6.45) is 3.23. The zero-order valence-corrected chi connectivity index (χ0v) is 75.3. The van der Waals surface area contributed by atoms with E-state index in [1.54, 1.807) is 110 Å². The number of aromatic nitrogens is 6. The molecule has 0 spiro atoms. The highest BCUT2D eigenvalue weighted by Gasteiger charge is 2.50. The summed E-state index contributed by atoms with van der Waals surface area (Å²) in [7, 11) is -3.67. The van der Waals surface area contributed by atoms with Crippen molar-refractivity contribution in [2.75, 3.05) is 25.9 Å². The topological polar surface area (TPSA) is 523 Å². The molecule has 0 saturated heterocycles. The number of nitrogens with zero attached hydrogens (tertiary/aromatic N) is 6. The van der Waals surface area contributed by atoms with Gasteiger partial charge in [-0.1, -0.05) is 20.8 Å². The Labute approximate surface area is 747 Å². The third-order valence-electron chi connectivity index (χ3n) is 25.2. The third kappa shape index (κ3) is 17.5. The Hall–Kier alpha value is -12.4. The number of carboxylic acids is 1. The smallest absolute Gasteiger partial charge is 0.407 e. The highest BCUT2D eigenvalue weighted by molar-refractivity contribution is 7.85. The number of nitrogens with one attached hydrogen (secondary N) is 4. The van der Waals surface area contributed by atoms with E-state index in [2.05, 4.69) is 21.3 Å². The number of alkyl carbamates (subject to hydrolysis) is 2. The Morgan fingerprint density at radius 1 is 0.504 bits per heavy atom. The van der Waals surface area contributed by atoms with Gasteiger partial charge in [-0.2, -0.15) is 8.42 Å². The van der Waals surface area contributed by atoms with Gasteiger partial charge in [0.05, 0.1) is 112 Å². The number of carbonyl (C=O) groups excluding carboxylic acids is 7. The van der Waals surface area contributed by atoms with E-state index in [4.69, 9.17) is 59.8 Å². The van der Waals surface area contributed by atoms with E-state index in [9.17, 15) is 85.3 Å². The first kappa shape index (κ1) is 94.7. The van der Waals surface area contributed by atoms with Gasteiger partial charge in [0, 0.05) is 106 Å². The van der Waals surface area contributed by atoms with Crippen LogP contribution in [0.2, 0.25) is 0 Å². The predicted octanol–water partition coefficient (Wildman–Crippen LogP) is 8.49. The highest BCUT2D eigenvalue weighted by atomic mass is 32.2. The molecule has 39 heteroatoms. The Kier molecular flexibility index (Phi) is 25.6. The van der Waals surface area contributed by atoms with Crippen molar-refractivity contribution in [3.8, 4) is 34.2 Å². The van der Waals surface area contributed by atoms with Gasteiger partial charge in [-0.3, -0.25) is 33.3 Å². The van der Waals surface area contributed by atoms with Crippen LogP contribution in [0.4, 0.5) is 22.8 Å². The van der Waals surface area contributed by atoms with Crippen LogP contribution in [0, 0.1) is 38.2 Å². The van der Waals surface area contributed by atoms with Gasteiger partial charge < -0.3 is 90.5 Å². The van der Waals surface area contributed by atoms with Crippen molar-refractivity contribution >= 4 is 90.7 Å². The molecule has 9 aliphatic rings. The van der Waals surface area contributed by atoms with Crippen molar-refractivity contribution in [3.63, 3.8) is 0 Å². The molecule has 0 saturated carbocycles. The molecule has 3 aromatic carbocycles. The second-order valence-electron chi connectivity index (χ2n) is 35.9. The van der Waals surface area contributed by atoms with Crippen LogP contribution in [0.25, 0.3) is 66.9 Å². The number of rotatable bonds is 13. The van der Waals surface area contributed by atoms with Gasteiger partial charge >= 0.3 is 36.1 Å². The summed E-state index contributed by atoms with van der Waals surface area (Å²) in [5.41, 5.74) is 18.6. The molecule has 6 aliphatic heterocycles. The summed E-state index contributed by atoms with van der Waals surface area (Å²) in [5, 5.41) is 55.2. The fourth-order valence-electron chi connectivity index (χ4n) is 18.8. The molecule has 9 aromatic rings. The summed E-state index contributed by atoms with van der Waals surface area (Å²) in [6.45, 7) is 21.0. The summed E-state index contributed by atoms with van der Waals surface area (Å²) in [6, 6.07) is 8.03. The van der Waals surface area contributed by atoms with Gasteiger partial charge in [0.1, 0.15) is 48.5 Å². The second-order valence-corrected chi connectivity index (χ2v) is 37.4. The molecular weight excluding hydrogens is 1730 g/mol. The standard InChI is InChI=1S/C32H35FN4O7.C27H27FN4O5.C24H22FN3O4.C8H15NO4.CH4O3S/c1-6-32(42)19-11-23-27-17(13-37(23)28(39)18(19)14-43-29(32)40)26-21(35-24(38)9-10-34-30(41)44-31(3,4)5)8-7-16-15(2)20(33)12-22(36-27)25(16)26;1-3-27(36)16-8-20-24-14(10-32(20)25(34)15(16)11-37-26(27)35)23-18(30-21(33)6-7-29)5-4-13-12(2)17(28)9-19(31-24)22(13)23;1-3-24(31)14-6-18-21-12(8-28(18)22(29)13(14)9-32-23(24)30)19-16(26)5-4-11-10(2)15(25)7-17(27-21)20(11)19;1-8(2,3)13-7(12)9-5-4-6(10)11;1-5(2,3)4/h11-12,21,42H,6-10,13-14H2,1-5H3,(H,34,41)(H,35,38);8-9,18,36H,3-7,10-11,29H2,1-2H3,(H,30,33);6-7,16,31H,3-5,8-9,26H2,1-2H3;4-5H2,1-3H3,(H,9,12)(H,10,11);1H3,(H,2,3,4)/t21-,32-;18-,27-;16-,24-;;/m000../s1. The monoisotopic (exact) mass is 1830 g/mol. The number of aryl methyl sites for hydroxylation is 3. The molecule has 131 heavy (non-hydrogen) atoms. The van der Waals surface area contributed by atoms with Crippen LogP contribution in [0.3, 0.4) is 0 Å². The van der Waals surface area contributed by atoms with Crippen molar-refractivity contribution < 1.29 is 109 Å². The van der Waals surface area contributed by atoms with E-state index in [0.29, 0.717) is 118 Å². The fourth-order valence-corrected chi connectivity index (χ4v) is 18.8. The Morgan fingerprint density at radius 3 is 1.12 bits per heavy atom. The van der Waals surface area contributed by atoms with Gasteiger partial charge in [-0.25, -0.2) is 52.1 Å². The summed E-state index contributed by atoms with van der Waals surface area (Å²) in [5.74, 6) is -4.87. The quantitative estimate of drug-likeness (QED) is 0.0293. The molecule has 0 radical (unpaired) electrons. The number of pyridine rings is 6. The maximum atomic E-state index is 15.1. The lowest BCUT2D eigenvalue weighted by Gasteiger charge is -2.31. The molecule has 12 heterocycles. The SMILES string of the molecule is CC(C)(C)OC(=O)NCCC(=O)O.CC[C@@]1(O)C(=O)OCc2c1cc1n(c2=O)Cc2c-1nc1cc(F)c(C)c3c1c2[C@@H](N)CC3.CC[C@@]1(O)C(=O)OCc2c1cc1n(c2=O)Cc2c-1nc1cc(F)c(C)c3c1c2[C@@H](NC(=O)CCN)CC3.CC[C@@]1(O)C(=O)OCc2c1cc1n(c2=O)Cc2c-1nc1cc(F)c(C)c3c1c2[C@@H](NC(=O)CCNC(=O)OC(C)(C)C)CC3.CS(=O)(=O)O. The summed E-state index contributed by atoms with van der Waals surface area (Å²) >= 11 is 0. The molecule has 4 amide bonds. The van der Waals surface area contributed by atoms with E-state index >= 15 is 4.39 Å². The molecule has 35 nitrogen and oxygen atoms in total. The number of carbonyl (C=O) groups is 8. The number of carboxylic acid groups (broad SMARTS) is 1. The number of aliphatic hydroxyl groups is 3. The number of hydrogen-bond donors (Lipinski definition) is 11. The number of ether oxygens (including phenoxy) is 5. The summed E-state index contributed by atoms with van der Waals surface area (Å²) < 4.78 is 101. The molecule has 0 fully saturated rings. The lowest BCUT2D eigenvalue weighted by Crippen LogP contribution is -2.44. The fraction of sp³-hybridized carbons (Fsp3) is 0.457. The largest absolute Gasteiger partial charge is 0.481 e. The Balaban J connectivity index is 0.000000146. The van der Waals surface area contributed by atoms with Crippen LogP contribution in [0.15, 0.2) is 50.8 Å². The van der Waals surface area contributed by atoms with Gasteiger partial charge in [-0.15, -0.1) is 0 Å². The number of amides is 4. The van der Waals surface area contributed by atoms with Crippen LogP contribution < -0.4 is 49.4 Å². The second kappa shape index (κ2) is 35.4. The molecule has 0 unspecified atom stereocenters. The van der Waals surface area contributed by atoms with Crippen molar-refractivity contribution in [2.24, 2.45) is 11.5 Å². The average molecular weight is 1830 g/mol. The molecule has 18 rings (SSSR count). The number of cyclic esters (lactones) is 3. The molecular formula is C92H103F3N12O23S. The van der Waals surface area contributed by atoms with Crippen molar-refractivity contribution in [1.82, 2.24) is 49.9 Å². The number of halogens is 3. The first-order valence-corrected chi connectivity index (χ1v) is 44.9. The van der Waals surface area contributed by atoms with Crippen molar-refractivity contribution in [3.05, 3.63) is 185 Å². The zero-order valence-electron chi connectivity index (χ0n) is 74.5. The predicted molar refractivity (Wildman–Crippen MR) is 468 cm³/mol. The van der Waals surface area contributed by atoms with Gasteiger partial charge in [0.25, 0.3) is 26.8 Å². The normalized spacial score (nSPS) is 19.9. The Morgan fingerprint density at radius 2 is 0.809 bits per heavy atom. The molecule has 13 N–H and O–H groups in total. The lowest BCUT2D eigenvalue weighted by molar-refractivity contribution is -0.172. The van der Waals surface area contributed by atoms with E-state index in [-0.39, 0.29) is 178 Å². The molecule has 3 aliphatic carbocycles. The van der Waals surface area contributed by atoms with Crippen LogP contribution >= 0.6 is 0 Å². The average Bonchev–Trinajstić information content (AvgIpc) is 1.58. The van der Waals surface area contributed by atoms with E-state index in [0.717, 1.165) is 60.7 Å². The first-order chi connectivity index (χ1) is 61.5. The van der Waals surface area contributed by atoms with Crippen molar-refractivity contribution in [1.29, 1.82) is 0 Å². The number of benzene rings is 3. The molecule has 0 bridgehead atoms. The van der Waals surface area contributed by atoms with Crippen LogP contribution in [-0.2, 0) is 138 Å². The lowest BCUT2D eigenvalue weighted by atomic mass is 9.81. The summed E-state index contributed by atoms with van der Waals surface area (Å²) in [4.78, 5) is 151. The molecule has 6 aromatic heterocycles. The maximum Gasteiger partial charge on any atom is 0.407 e. The number of hydrogen-bond acceptors (Lipinski definition) is 26. The van der Waals surface area contributed by atoms with Gasteiger partial charge in [-0.05, 0) is 188 Å². The minimum atomic E-state index is -3.67. The minimum Gasteiger partial charge on any atom is -0.481 e. The highest BCUT2D eigenvalue weighted by Crippen LogP contribution is 2.51. The third-order valence-corrected chi connectivity index (χ3v) is 25.2.